The van der Waals surface area contributed by atoms with Crippen molar-refractivity contribution in [2.24, 2.45) is 0 Å². The molecule has 6 heteroatoms. The highest BCUT2D eigenvalue weighted by Gasteiger charge is 2.29. The van der Waals surface area contributed by atoms with Gasteiger partial charge in [0, 0.05) is 10.2 Å². The Morgan fingerprint density at radius 1 is 1.04 bits per heavy atom. The van der Waals surface area contributed by atoms with E-state index in [1.54, 1.807) is 26.0 Å². The number of benzene rings is 2. The zero-order valence-electron chi connectivity index (χ0n) is 13.5. The summed E-state index contributed by atoms with van der Waals surface area (Å²) in [5.41, 5.74) is 3.10. The quantitative estimate of drug-likeness (QED) is 0.742. The lowest BCUT2D eigenvalue weighted by atomic mass is 9.84. The summed E-state index contributed by atoms with van der Waals surface area (Å²) in [6.45, 7) is 3.32. The van der Waals surface area contributed by atoms with Crippen molar-refractivity contribution in [2.45, 2.75) is 19.3 Å². The van der Waals surface area contributed by atoms with Crippen molar-refractivity contribution < 1.29 is 14.4 Å². The molecular formula is C18H19BrN2O3. The molecule has 0 radical (unpaired) electrons. The number of amides is 2. The summed E-state index contributed by atoms with van der Waals surface area (Å²) in [7, 11) is 0. The minimum atomic E-state index is -0.760. The SMILES string of the molecule is CC(C)(C(=O)NOCC(=O)Nc1ccc(Br)cc1)c1ccccc1. The van der Waals surface area contributed by atoms with E-state index >= 15 is 0 Å². The van der Waals surface area contributed by atoms with Gasteiger partial charge in [0.05, 0.1) is 5.41 Å². The first-order valence-corrected chi connectivity index (χ1v) is 8.22. The van der Waals surface area contributed by atoms with E-state index < -0.39 is 5.41 Å². The second kappa shape index (κ2) is 8.08. The third-order valence-corrected chi connectivity index (χ3v) is 4.09. The van der Waals surface area contributed by atoms with Gasteiger partial charge in [-0.05, 0) is 43.7 Å². The maximum Gasteiger partial charge on any atom is 0.253 e. The summed E-state index contributed by atoms with van der Waals surface area (Å²) < 4.78 is 0.923. The summed E-state index contributed by atoms with van der Waals surface area (Å²) in [4.78, 5) is 29.1. The van der Waals surface area contributed by atoms with Gasteiger partial charge in [0.1, 0.15) is 0 Å². The normalized spacial score (nSPS) is 11.0. The van der Waals surface area contributed by atoms with Crippen LogP contribution in [0.3, 0.4) is 0 Å². The highest BCUT2D eigenvalue weighted by atomic mass is 79.9. The number of rotatable bonds is 6. The average molecular weight is 391 g/mol. The Balaban J connectivity index is 1.81. The number of halogens is 1. The second-order valence-electron chi connectivity index (χ2n) is 5.77. The first-order chi connectivity index (χ1) is 11.4. The van der Waals surface area contributed by atoms with Crippen LogP contribution >= 0.6 is 15.9 Å². The van der Waals surface area contributed by atoms with E-state index in [1.165, 1.54) is 0 Å². The minimum Gasteiger partial charge on any atom is -0.324 e. The molecule has 2 aromatic carbocycles. The number of hydrogen-bond acceptors (Lipinski definition) is 3. The van der Waals surface area contributed by atoms with Crippen LogP contribution in [-0.4, -0.2) is 18.4 Å². The maximum atomic E-state index is 12.3. The van der Waals surface area contributed by atoms with Crippen molar-refractivity contribution in [1.29, 1.82) is 0 Å². The molecule has 0 aliphatic carbocycles. The Bertz CT molecular complexity index is 700. The van der Waals surface area contributed by atoms with Crippen molar-refractivity contribution in [2.75, 3.05) is 11.9 Å². The molecule has 0 heterocycles. The van der Waals surface area contributed by atoms with E-state index in [9.17, 15) is 9.59 Å². The van der Waals surface area contributed by atoms with Crippen LogP contribution in [0.2, 0.25) is 0 Å². The fourth-order valence-corrected chi connectivity index (χ4v) is 2.28. The van der Waals surface area contributed by atoms with E-state index in [2.05, 4.69) is 26.7 Å². The smallest absolute Gasteiger partial charge is 0.253 e. The molecule has 24 heavy (non-hydrogen) atoms. The molecule has 126 valence electrons. The standard InChI is InChI=1S/C18H19BrN2O3/c1-18(2,13-6-4-3-5-7-13)17(23)21-24-12-16(22)20-15-10-8-14(19)9-11-15/h3-11H,12H2,1-2H3,(H,20,22)(H,21,23). The zero-order valence-corrected chi connectivity index (χ0v) is 15.1. The number of anilines is 1. The molecule has 0 saturated carbocycles. The maximum absolute atomic E-state index is 12.3. The molecule has 5 nitrogen and oxygen atoms in total. The lowest BCUT2D eigenvalue weighted by Gasteiger charge is -2.23. The first-order valence-electron chi connectivity index (χ1n) is 7.43. The topological polar surface area (TPSA) is 67.4 Å². The molecular weight excluding hydrogens is 372 g/mol. The predicted octanol–water partition coefficient (Wildman–Crippen LogP) is 3.41. The Morgan fingerprint density at radius 3 is 2.29 bits per heavy atom. The van der Waals surface area contributed by atoms with Gasteiger partial charge in [0.15, 0.2) is 6.61 Å². The monoisotopic (exact) mass is 390 g/mol. The largest absolute Gasteiger partial charge is 0.324 e. The zero-order chi connectivity index (χ0) is 17.6. The van der Waals surface area contributed by atoms with E-state index in [0.717, 1.165) is 10.0 Å². The van der Waals surface area contributed by atoms with E-state index in [-0.39, 0.29) is 18.4 Å². The molecule has 2 N–H and O–H groups in total. The van der Waals surface area contributed by atoms with Crippen molar-refractivity contribution in [3.63, 3.8) is 0 Å². The summed E-state index contributed by atoms with van der Waals surface area (Å²) in [5.74, 6) is -0.666. The van der Waals surface area contributed by atoms with E-state index in [1.807, 2.05) is 42.5 Å². The number of carbonyl (C=O) groups is 2. The molecule has 0 spiro atoms. The molecule has 0 saturated heterocycles. The molecule has 0 fully saturated rings. The van der Waals surface area contributed by atoms with Gasteiger partial charge in [-0.1, -0.05) is 46.3 Å². The van der Waals surface area contributed by atoms with Crippen LogP contribution in [0.1, 0.15) is 19.4 Å². The third-order valence-electron chi connectivity index (χ3n) is 3.56. The summed E-state index contributed by atoms with van der Waals surface area (Å²) in [6.07, 6.45) is 0. The number of nitrogens with one attached hydrogen (secondary N) is 2. The molecule has 2 amide bonds. The summed E-state index contributed by atoms with van der Waals surface area (Å²) >= 11 is 3.32. The fraction of sp³-hybridized carbons (Fsp3) is 0.222. The Hall–Kier alpha value is -2.18. The number of carbonyl (C=O) groups excluding carboxylic acids is 2. The molecule has 0 aliphatic rings. The fourth-order valence-electron chi connectivity index (χ4n) is 2.01. The van der Waals surface area contributed by atoms with Gasteiger partial charge in [-0.3, -0.25) is 14.4 Å². The highest BCUT2D eigenvalue weighted by Crippen LogP contribution is 2.22. The van der Waals surface area contributed by atoms with Crippen LogP contribution in [0.25, 0.3) is 0 Å². The van der Waals surface area contributed by atoms with Gasteiger partial charge in [0.2, 0.25) is 0 Å². The van der Waals surface area contributed by atoms with Crippen LogP contribution < -0.4 is 10.8 Å². The Kier molecular flexibility index (Phi) is 6.11. The highest BCUT2D eigenvalue weighted by molar-refractivity contribution is 9.10. The van der Waals surface area contributed by atoms with Crippen molar-refractivity contribution >= 4 is 33.4 Å². The van der Waals surface area contributed by atoms with Crippen molar-refractivity contribution in [1.82, 2.24) is 5.48 Å². The van der Waals surface area contributed by atoms with E-state index in [4.69, 9.17) is 4.84 Å². The lowest BCUT2D eigenvalue weighted by Crippen LogP contribution is -2.41. The van der Waals surface area contributed by atoms with Crippen LogP contribution in [0.4, 0.5) is 5.69 Å². The van der Waals surface area contributed by atoms with Crippen LogP contribution in [0.15, 0.2) is 59.1 Å². The second-order valence-corrected chi connectivity index (χ2v) is 6.68. The van der Waals surface area contributed by atoms with Crippen molar-refractivity contribution in [3.8, 4) is 0 Å². The number of hydrogen-bond donors (Lipinski definition) is 2. The van der Waals surface area contributed by atoms with Crippen LogP contribution in [-0.2, 0) is 19.8 Å². The van der Waals surface area contributed by atoms with Gasteiger partial charge in [0.25, 0.3) is 11.8 Å². The first kappa shape index (κ1) is 18.2. The predicted molar refractivity (Wildman–Crippen MR) is 96.3 cm³/mol. The third kappa shape index (κ3) is 4.91. The van der Waals surface area contributed by atoms with Gasteiger partial charge in [-0.25, -0.2) is 5.48 Å². The van der Waals surface area contributed by atoms with E-state index in [0.29, 0.717) is 5.69 Å². The molecule has 0 atom stereocenters. The summed E-state index contributed by atoms with van der Waals surface area (Å²) in [5, 5.41) is 2.68. The van der Waals surface area contributed by atoms with Gasteiger partial charge < -0.3 is 5.32 Å². The lowest BCUT2D eigenvalue weighted by molar-refractivity contribution is -0.141. The molecule has 0 aliphatic heterocycles. The number of hydroxylamine groups is 1. The molecule has 0 bridgehead atoms. The Morgan fingerprint density at radius 2 is 1.67 bits per heavy atom. The van der Waals surface area contributed by atoms with Gasteiger partial charge >= 0.3 is 0 Å². The average Bonchev–Trinajstić information content (AvgIpc) is 2.57. The summed E-state index contributed by atoms with van der Waals surface area (Å²) in [6, 6.07) is 16.5. The van der Waals surface area contributed by atoms with Gasteiger partial charge in [-0.15, -0.1) is 0 Å². The van der Waals surface area contributed by atoms with Crippen LogP contribution in [0.5, 0.6) is 0 Å². The Labute approximate surface area is 149 Å². The molecule has 2 aromatic rings. The molecule has 2 rings (SSSR count). The molecule has 0 aromatic heterocycles. The van der Waals surface area contributed by atoms with Gasteiger partial charge in [-0.2, -0.15) is 0 Å². The van der Waals surface area contributed by atoms with Crippen LogP contribution in [0, 0.1) is 0 Å². The minimum absolute atomic E-state index is 0.271. The molecule has 0 unspecified atom stereocenters. The van der Waals surface area contributed by atoms with Crippen molar-refractivity contribution in [3.05, 3.63) is 64.6 Å².